The van der Waals surface area contributed by atoms with Crippen LogP contribution < -0.4 is 5.32 Å². The molecule has 0 aromatic rings. The standard InChI is InChI=1S/C16H31N3/c1-5-7-15-8-10-19(11-9-15)14(3)12-16(4,13-17)18-6-2/h14-15,18H,5-12H2,1-4H3. The van der Waals surface area contributed by atoms with E-state index in [4.69, 9.17) is 0 Å². The number of likely N-dealkylation sites (tertiary alicyclic amines) is 1. The number of rotatable bonds is 7. The lowest BCUT2D eigenvalue weighted by Gasteiger charge is -2.38. The van der Waals surface area contributed by atoms with Crippen LogP contribution in [0.2, 0.25) is 0 Å². The molecule has 3 heteroatoms. The Morgan fingerprint density at radius 3 is 2.47 bits per heavy atom. The number of piperidine rings is 1. The molecule has 3 nitrogen and oxygen atoms in total. The first-order chi connectivity index (χ1) is 9.04. The molecule has 1 fully saturated rings. The summed E-state index contributed by atoms with van der Waals surface area (Å²) in [5.41, 5.74) is -0.381. The molecule has 1 heterocycles. The molecule has 0 spiro atoms. The zero-order valence-corrected chi connectivity index (χ0v) is 13.2. The third-order valence-electron chi connectivity index (χ3n) is 4.49. The first kappa shape index (κ1) is 16.5. The van der Waals surface area contributed by atoms with Crippen molar-refractivity contribution in [3.63, 3.8) is 0 Å². The third kappa shape index (κ3) is 5.12. The Bertz CT molecular complexity index is 289. The highest BCUT2D eigenvalue weighted by atomic mass is 15.2. The zero-order chi connectivity index (χ0) is 14.3. The van der Waals surface area contributed by atoms with Gasteiger partial charge in [0.1, 0.15) is 5.54 Å². The maximum absolute atomic E-state index is 9.34. The van der Waals surface area contributed by atoms with Crippen molar-refractivity contribution in [2.75, 3.05) is 19.6 Å². The fraction of sp³-hybridized carbons (Fsp3) is 0.938. The van der Waals surface area contributed by atoms with Gasteiger partial charge < -0.3 is 4.90 Å². The van der Waals surface area contributed by atoms with Gasteiger partial charge >= 0.3 is 0 Å². The second-order valence-electron chi connectivity index (χ2n) is 6.30. The van der Waals surface area contributed by atoms with E-state index >= 15 is 0 Å². The van der Waals surface area contributed by atoms with Crippen LogP contribution in [0.5, 0.6) is 0 Å². The summed E-state index contributed by atoms with van der Waals surface area (Å²) in [6, 6.07) is 2.93. The molecule has 2 atom stereocenters. The van der Waals surface area contributed by atoms with Crippen LogP contribution in [0.3, 0.4) is 0 Å². The van der Waals surface area contributed by atoms with Crippen molar-refractivity contribution in [1.82, 2.24) is 10.2 Å². The van der Waals surface area contributed by atoms with Crippen molar-refractivity contribution < 1.29 is 0 Å². The van der Waals surface area contributed by atoms with Gasteiger partial charge in [0.05, 0.1) is 6.07 Å². The van der Waals surface area contributed by atoms with Crippen molar-refractivity contribution in [3.05, 3.63) is 0 Å². The van der Waals surface area contributed by atoms with Crippen molar-refractivity contribution in [1.29, 1.82) is 5.26 Å². The van der Waals surface area contributed by atoms with Crippen LogP contribution in [-0.2, 0) is 0 Å². The smallest absolute Gasteiger partial charge is 0.105 e. The topological polar surface area (TPSA) is 39.1 Å². The summed E-state index contributed by atoms with van der Waals surface area (Å²) in [5, 5.41) is 12.7. The van der Waals surface area contributed by atoms with Crippen molar-refractivity contribution >= 4 is 0 Å². The summed E-state index contributed by atoms with van der Waals surface area (Å²) < 4.78 is 0. The Balaban J connectivity index is 2.42. The summed E-state index contributed by atoms with van der Waals surface area (Å²) in [4.78, 5) is 2.57. The van der Waals surface area contributed by atoms with Crippen LogP contribution >= 0.6 is 0 Å². The van der Waals surface area contributed by atoms with Gasteiger partial charge in [-0.2, -0.15) is 5.26 Å². The Hall–Kier alpha value is -0.590. The highest BCUT2D eigenvalue weighted by Gasteiger charge is 2.29. The Labute approximate surface area is 119 Å². The molecule has 110 valence electrons. The molecule has 1 aliphatic rings. The number of hydrogen-bond donors (Lipinski definition) is 1. The van der Waals surface area contributed by atoms with E-state index in [-0.39, 0.29) is 5.54 Å². The van der Waals surface area contributed by atoms with Gasteiger partial charge in [0.15, 0.2) is 0 Å². The lowest BCUT2D eigenvalue weighted by molar-refractivity contribution is 0.119. The summed E-state index contributed by atoms with van der Waals surface area (Å²) in [6.07, 6.45) is 6.28. The SMILES string of the molecule is CCCC1CCN(C(C)CC(C)(C#N)NCC)CC1. The molecule has 2 unspecified atom stereocenters. The van der Waals surface area contributed by atoms with Gasteiger partial charge in [-0.3, -0.25) is 5.32 Å². The third-order valence-corrected chi connectivity index (χ3v) is 4.49. The molecule has 1 aliphatic heterocycles. The largest absolute Gasteiger partial charge is 0.301 e. The van der Waals surface area contributed by atoms with Gasteiger partial charge in [-0.15, -0.1) is 0 Å². The van der Waals surface area contributed by atoms with Gasteiger partial charge in [-0.25, -0.2) is 0 Å². The molecular formula is C16H31N3. The highest BCUT2D eigenvalue weighted by molar-refractivity contribution is 5.05. The van der Waals surface area contributed by atoms with E-state index in [1.807, 2.05) is 6.92 Å². The minimum Gasteiger partial charge on any atom is -0.301 e. The number of nitrogens with zero attached hydrogens (tertiary/aromatic N) is 2. The number of nitriles is 1. The van der Waals surface area contributed by atoms with Crippen LogP contribution in [-0.4, -0.2) is 36.1 Å². The lowest BCUT2D eigenvalue weighted by Crippen LogP contribution is -2.48. The van der Waals surface area contributed by atoms with Crippen LogP contribution in [0.1, 0.15) is 59.8 Å². The molecule has 0 aliphatic carbocycles. The van der Waals surface area contributed by atoms with E-state index in [1.54, 1.807) is 0 Å². The molecule has 1 rings (SSSR count). The van der Waals surface area contributed by atoms with Gasteiger partial charge in [0.2, 0.25) is 0 Å². The van der Waals surface area contributed by atoms with Gasteiger partial charge in [-0.1, -0.05) is 26.7 Å². The second-order valence-corrected chi connectivity index (χ2v) is 6.30. The molecule has 0 aromatic heterocycles. The monoisotopic (exact) mass is 265 g/mol. The molecule has 1 saturated heterocycles. The van der Waals surface area contributed by atoms with E-state index < -0.39 is 0 Å². The van der Waals surface area contributed by atoms with E-state index in [9.17, 15) is 5.26 Å². The van der Waals surface area contributed by atoms with Gasteiger partial charge in [0.25, 0.3) is 0 Å². The summed E-state index contributed by atoms with van der Waals surface area (Å²) in [6.45, 7) is 11.9. The first-order valence-electron chi connectivity index (χ1n) is 7.95. The van der Waals surface area contributed by atoms with E-state index in [0.29, 0.717) is 6.04 Å². The molecule has 1 N–H and O–H groups in total. The van der Waals surface area contributed by atoms with Crippen molar-refractivity contribution in [2.45, 2.75) is 71.4 Å². The van der Waals surface area contributed by atoms with Crippen LogP contribution in [0.4, 0.5) is 0 Å². The van der Waals surface area contributed by atoms with Crippen LogP contribution in [0, 0.1) is 17.2 Å². The number of hydrogen-bond acceptors (Lipinski definition) is 3. The average molecular weight is 265 g/mol. The molecule has 0 aromatic carbocycles. The minimum atomic E-state index is -0.381. The molecule has 0 radical (unpaired) electrons. The summed E-state index contributed by atoms with van der Waals surface area (Å²) in [5.74, 6) is 0.935. The Kier molecular flexibility index (Phi) is 6.82. The van der Waals surface area contributed by atoms with Crippen LogP contribution in [0.15, 0.2) is 0 Å². The quantitative estimate of drug-likeness (QED) is 0.768. The molecular weight excluding hydrogens is 234 g/mol. The minimum absolute atomic E-state index is 0.381. The number of nitrogens with one attached hydrogen (secondary N) is 1. The zero-order valence-electron chi connectivity index (χ0n) is 13.2. The molecule has 19 heavy (non-hydrogen) atoms. The lowest BCUT2D eigenvalue weighted by atomic mass is 9.89. The van der Waals surface area contributed by atoms with E-state index in [2.05, 4.69) is 37.1 Å². The van der Waals surface area contributed by atoms with Gasteiger partial charge in [-0.05, 0) is 58.7 Å². The van der Waals surface area contributed by atoms with E-state index in [0.717, 1.165) is 18.9 Å². The average Bonchev–Trinajstić information content (AvgIpc) is 2.40. The Morgan fingerprint density at radius 1 is 1.37 bits per heavy atom. The first-order valence-corrected chi connectivity index (χ1v) is 7.95. The summed E-state index contributed by atoms with van der Waals surface area (Å²) >= 11 is 0. The Morgan fingerprint density at radius 2 is 2.00 bits per heavy atom. The van der Waals surface area contributed by atoms with Gasteiger partial charge in [0, 0.05) is 6.04 Å². The predicted molar refractivity (Wildman–Crippen MR) is 81.0 cm³/mol. The highest BCUT2D eigenvalue weighted by Crippen LogP contribution is 2.25. The maximum atomic E-state index is 9.34. The fourth-order valence-electron chi connectivity index (χ4n) is 3.36. The second kappa shape index (κ2) is 7.87. The van der Waals surface area contributed by atoms with Crippen LogP contribution in [0.25, 0.3) is 0 Å². The molecule has 0 saturated carbocycles. The summed E-state index contributed by atoms with van der Waals surface area (Å²) in [7, 11) is 0. The van der Waals surface area contributed by atoms with Crippen molar-refractivity contribution in [3.8, 4) is 6.07 Å². The van der Waals surface area contributed by atoms with E-state index in [1.165, 1.54) is 38.8 Å². The predicted octanol–water partition coefficient (Wildman–Crippen LogP) is 3.17. The molecule has 0 bridgehead atoms. The normalized spacial score (nSPS) is 22.7. The molecule has 0 amide bonds. The van der Waals surface area contributed by atoms with Crippen molar-refractivity contribution in [2.24, 2.45) is 5.92 Å². The fourth-order valence-corrected chi connectivity index (χ4v) is 3.36. The maximum Gasteiger partial charge on any atom is 0.105 e.